The van der Waals surface area contributed by atoms with Crippen LogP contribution in [0.15, 0.2) is 18.2 Å². The number of nitrogens with one attached hydrogen (secondary N) is 1. The van der Waals surface area contributed by atoms with Crippen LogP contribution < -0.4 is 5.32 Å². The van der Waals surface area contributed by atoms with Gasteiger partial charge in [-0.25, -0.2) is 0 Å². The largest absolute Gasteiger partial charge is 0.314 e. The Bertz CT molecular complexity index is 445. The van der Waals surface area contributed by atoms with Crippen molar-refractivity contribution in [3.05, 3.63) is 34.9 Å². The van der Waals surface area contributed by atoms with E-state index in [0.717, 1.165) is 24.3 Å². The highest BCUT2D eigenvalue weighted by molar-refractivity contribution is 5.29. The lowest BCUT2D eigenvalue weighted by Crippen LogP contribution is -2.40. The zero-order valence-electron chi connectivity index (χ0n) is 13.3. The van der Waals surface area contributed by atoms with Gasteiger partial charge in [0, 0.05) is 6.04 Å². The molecule has 1 nitrogen and oxygen atoms in total. The summed E-state index contributed by atoms with van der Waals surface area (Å²) < 4.78 is 0. The van der Waals surface area contributed by atoms with Crippen LogP contribution in [0.4, 0.5) is 0 Å². The SMILES string of the molecule is CCNC(Cc1cc(C)cc(C)c1)C1CC2CCC1C2. The lowest BCUT2D eigenvalue weighted by Gasteiger charge is -2.31. The minimum atomic E-state index is 0.691. The zero-order chi connectivity index (χ0) is 14.1. The summed E-state index contributed by atoms with van der Waals surface area (Å²) in [6, 6.07) is 7.73. The van der Waals surface area contributed by atoms with Crippen molar-refractivity contribution in [2.24, 2.45) is 17.8 Å². The average Bonchev–Trinajstić information content (AvgIpc) is 2.99. The van der Waals surface area contributed by atoms with Crippen molar-refractivity contribution in [1.82, 2.24) is 5.32 Å². The lowest BCUT2D eigenvalue weighted by molar-refractivity contribution is 0.249. The molecule has 20 heavy (non-hydrogen) atoms. The Hall–Kier alpha value is -0.820. The molecule has 2 aliphatic carbocycles. The second-order valence-corrected chi connectivity index (χ2v) is 7.20. The Balaban J connectivity index is 1.73. The smallest absolute Gasteiger partial charge is 0.0138 e. The topological polar surface area (TPSA) is 12.0 Å². The molecule has 2 fully saturated rings. The second kappa shape index (κ2) is 5.89. The molecule has 0 saturated heterocycles. The third-order valence-corrected chi connectivity index (χ3v) is 5.51. The van der Waals surface area contributed by atoms with Gasteiger partial charge in [-0.2, -0.15) is 0 Å². The van der Waals surface area contributed by atoms with E-state index in [4.69, 9.17) is 0 Å². The molecule has 1 heteroatoms. The van der Waals surface area contributed by atoms with E-state index in [1.165, 1.54) is 48.8 Å². The lowest BCUT2D eigenvalue weighted by atomic mass is 9.80. The molecule has 0 aromatic heterocycles. The zero-order valence-corrected chi connectivity index (χ0v) is 13.3. The first kappa shape index (κ1) is 14.1. The Morgan fingerprint density at radius 2 is 1.85 bits per heavy atom. The van der Waals surface area contributed by atoms with Crippen LogP contribution in [-0.2, 0) is 6.42 Å². The van der Waals surface area contributed by atoms with Crippen molar-refractivity contribution in [3.8, 4) is 0 Å². The summed E-state index contributed by atoms with van der Waals surface area (Å²) >= 11 is 0. The minimum absolute atomic E-state index is 0.691. The van der Waals surface area contributed by atoms with E-state index in [-0.39, 0.29) is 0 Å². The Kier molecular flexibility index (Phi) is 4.16. The van der Waals surface area contributed by atoms with Gasteiger partial charge in [-0.3, -0.25) is 0 Å². The summed E-state index contributed by atoms with van der Waals surface area (Å²) in [6.07, 6.45) is 7.20. The molecule has 1 aromatic carbocycles. The van der Waals surface area contributed by atoms with E-state index < -0.39 is 0 Å². The van der Waals surface area contributed by atoms with E-state index >= 15 is 0 Å². The maximum absolute atomic E-state index is 3.80. The van der Waals surface area contributed by atoms with Crippen LogP contribution in [0, 0.1) is 31.6 Å². The molecular formula is C19H29N. The Labute approximate surface area is 124 Å². The van der Waals surface area contributed by atoms with E-state index in [9.17, 15) is 0 Å². The molecular weight excluding hydrogens is 242 g/mol. The van der Waals surface area contributed by atoms with Gasteiger partial charge >= 0.3 is 0 Å². The summed E-state index contributed by atoms with van der Waals surface area (Å²) in [5.74, 6) is 2.98. The van der Waals surface area contributed by atoms with E-state index in [2.05, 4.69) is 44.3 Å². The van der Waals surface area contributed by atoms with E-state index in [1.54, 1.807) is 0 Å². The van der Waals surface area contributed by atoms with Crippen LogP contribution in [0.3, 0.4) is 0 Å². The standard InChI is InChI=1S/C19H29N/c1-4-20-19(18-11-15-5-6-17(18)10-15)12-16-8-13(2)7-14(3)9-16/h7-9,15,17-20H,4-6,10-12H2,1-3H3. The van der Waals surface area contributed by atoms with Crippen LogP contribution >= 0.6 is 0 Å². The van der Waals surface area contributed by atoms with Crippen molar-refractivity contribution in [3.63, 3.8) is 0 Å². The predicted octanol–water partition coefficient (Wildman–Crippen LogP) is 4.26. The first-order chi connectivity index (χ1) is 9.65. The molecule has 1 N–H and O–H groups in total. The van der Waals surface area contributed by atoms with Gasteiger partial charge in [-0.1, -0.05) is 42.7 Å². The number of hydrogen-bond donors (Lipinski definition) is 1. The third kappa shape index (κ3) is 2.93. The van der Waals surface area contributed by atoms with Crippen molar-refractivity contribution < 1.29 is 0 Å². The fraction of sp³-hybridized carbons (Fsp3) is 0.684. The van der Waals surface area contributed by atoms with Crippen LogP contribution in [0.25, 0.3) is 0 Å². The van der Waals surface area contributed by atoms with Crippen LogP contribution in [-0.4, -0.2) is 12.6 Å². The monoisotopic (exact) mass is 271 g/mol. The minimum Gasteiger partial charge on any atom is -0.314 e. The van der Waals surface area contributed by atoms with Crippen molar-refractivity contribution in [1.29, 1.82) is 0 Å². The summed E-state index contributed by atoms with van der Waals surface area (Å²) in [5.41, 5.74) is 4.34. The fourth-order valence-corrected chi connectivity index (χ4v) is 4.86. The molecule has 0 heterocycles. The fourth-order valence-electron chi connectivity index (χ4n) is 4.86. The highest BCUT2D eigenvalue weighted by Crippen LogP contribution is 2.49. The third-order valence-electron chi connectivity index (χ3n) is 5.51. The molecule has 0 spiro atoms. The van der Waals surface area contributed by atoms with Crippen LogP contribution in [0.5, 0.6) is 0 Å². The van der Waals surface area contributed by atoms with Crippen LogP contribution in [0.2, 0.25) is 0 Å². The van der Waals surface area contributed by atoms with Gasteiger partial charge in [0.15, 0.2) is 0 Å². The summed E-state index contributed by atoms with van der Waals surface area (Å²) in [4.78, 5) is 0. The molecule has 3 rings (SSSR count). The Morgan fingerprint density at radius 3 is 2.40 bits per heavy atom. The molecule has 0 amide bonds. The molecule has 4 unspecified atom stereocenters. The van der Waals surface area contributed by atoms with Gasteiger partial charge in [0.1, 0.15) is 0 Å². The predicted molar refractivity (Wildman–Crippen MR) is 86.0 cm³/mol. The number of likely N-dealkylation sites (N-methyl/N-ethyl adjacent to an activating group) is 1. The number of hydrogen-bond acceptors (Lipinski definition) is 1. The van der Waals surface area contributed by atoms with Crippen molar-refractivity contribution in [2.75, 3.05) is 6.54 Å². The maximum atomic E-state index is 3.80. The van der Waals surface area contributed by atoms with Crippen molar-refractivity contribution >= 4 is 0 Å². The van der Waals surface area contributed by atoms with Gasteiger partial charge in [-0.05, 0) is 69.4 Å². The quantitative estimate of drug-likeness (QED) is 0.843. The van der Waals surface area contributed by atoms with E-state index in [1.807, 2.05) is 0 Å². The molecule has 2 saturated carbocycles. The van der Waals surface area contributed by atoms with Gasteiger partial charge in [0.05, 0.1) is 0 Å². The highest BCUT2D eigenvalue weighted by Gasteiger charge is 2.42. The summed E-state index contributed by atoms with van der Waals surface area (Å²) in [6.45, 7) is 7.79. The Morgan fingerprint density at radius 1 is 1.10 bits per heavy atom. The average molecular weight is 271 g/mol. The van der Waals surface area contributed by atoms with Crippen molar-refractivity contribution in [2.45, 2.75) is 58.9 Å². The molecule has 110 valence electrons. The van der Waals surface area contributed by atoms with E-state index in [0.29, 0.717) is 6.04 Å². The second-order valence-electron chi connectivity index (χ2n) is 7.20. The number of rotatable bonds is 5. The summed E-state index contributed by atoms with van der Waals surface area (Å²) in [5, 5.41) is 3.80. The van der Waals surface area contributed by atoms with Gasteiger partial charge in [0.25, 0.3) is 0 Å². The number of benzene rings is 1. The first-order valence-corrected chi connectivity index (χ1v) is 8.46. The maximum Gasteiger partial charge on any atom is 0.0138 e. The van der Waals surface area contributed by atoms with Gasteiger partial charge in [0.2, 0.25) is 0 Å². The van der Waals surface area contributed by atoms with Gasteiger partial charge < -0.3 is 5.32 Å². The molecule has 0 radical (unpaired) electrons. The van der Waals surface area contributed by atoms with Gasteiger partial charge in [-0.15, -0.1) is 0 Å². The molecule has 0 aliphatic heterocycles. The molecule has 2 aliphatic rings. The number of aryl methyl sites for hydroxylation is 2. The molecule has 1 aromatic rings. The summed E-state index contributed by atoms with van der Waals surface area (Å²) in [7, 11) is 0. The highest BCUT2D eigenvalue weighted by atomic mass is 14.9. The van der Waals surface area contributed by atoms with Crippen LogP contribution in [0.1, 0.15) is 49.3 Å². The first-order valence-electron chi connectivity index (χ1n) is 8.46. The number of fused-ring (bicyclic) bond motifs is 2. The normalized spacial score (nSPS) is 29.9. The molecule has 2 bridgehead atoms. The molecule has 4 atom stereocenters.